The third-order valence-corrected chi connectivity index (χ3v) is 6.00. The van der Waals surface area contributed by atoms with E-state index in [1.165, 1.54) is 18.3 Å². The number of alkyl halides is 3. The van der Waals surface area contributed by atoms with Gasteiger partial charge in [-0.05, 0) is 71.5 Å². The van der Waals surface area contributed by atoms with Crippen LogP contribution in [0.25, 0.3) is 22.3 Å². The molecule has 0 amide bonds. The van der Waals surface area contributed by atoms with E-state index in [1.54, 1.807) is 42.5 Å². The maximum atomic E-state index is 13.4. The minimum Gasteiger partial charge on any atom is -0.490 e. The van der Waals surface area contributed by atoms with Crippen LogP contribution in [0.3, 0.4) is 0 Å². The molecule has 190 valence electrons. The zero-order valence-corrected chi connectivity index (χ0v) is 21.8. The van der Waals surface area contributed by atoms with Gasteiger partial charge in [-0.25, -0.2) is 4.98 Å². The van der Waals surface area contributed by atoms with Crippen molar-refractivity contribution in [2.75, 3.05) is 13.2 Å². The van der Waals surface area contributed by atoms with Crippen molar-refractivity contribution >= 4 is 39.7 Å². The Morgan fingerprint density at radius 2 is 1.89 bits per heavy atom. The lowest BCUT2D eigenvalue weighted by molar-refractivity contribution is -0.137. The van der Waals surface area contributed by atoms with Gasteiger partial charge in [0.25, 0.3) is 5.56 Å². The normalized spacial score (nSPS) is 11.7. The SMILES string of the molecule is C=CCOc1c(I)cc(C=Nn2c(-c3cccc(C(F)(F)F)c3)nc3ccccc3c2=O)cc1OCC. The molecule has 0 saturated carbocycles. The van der Waals surface area contributed by atoms with Crippen LogP contribution in [-0.4, -0.2) is 29.1 Å². The Kier molecular flexibility index (Phi) is 7.96. The summed E-state index contributed by atoms with van der Waals surface area (Å²) in [6, 6.07) is 14.7. The van der Waals surface area contributed by atoms with Crippen molar-refractivity contribution in [1.29, 1.82) is 0 Å². The molecule has 0 radical (unpaired) electrons. The van der Waals surface area contributed by atoms with Crippen LogP contribution in [0.15, 0.2) is 83.2 Å². The molecule has 0 aliphatic heterocycles. The van der Waals surface area contributed by atoms with Gasteiger partial charge in [-0.1, -0.05) is 36.9 Å². The fourth-order valence-electron chi connectivity index (χ4n) is 3.58. The number of aromatic nitrogens is 2. The molecule has 0 atom stereocenters. The number of hydrogen-bond donors (Lipinski definition) is 0. The molecule has 0 unspecified atom stereocenters. The van der Waals surface area contributed by atoms with Crippen LogP contribution < -0.4 is 15.0 Å². The van der Waals surface area contributed by atoms with Crippen LogP contribution in [0.5, 0.6) is 11.5 Å². The summed E-state index contributed by atoms with van der Waals surface area (Å²) in [5.74, 6) is 1.02. The van der Waals surface area contributed by atoms with E-state index in [0.29, 0.717) is 35.8 Å². The van der Waals surface area contributed by atoms with Crippen molar-refractivity contribution in [2.45, 2.75) is 13.1 Å². The molecule has 1 heterocycles. The van der Waals surface area contributed by atoms with Gasteiger partial charge in [0.15, 0.2) is 17.3 Å². The van der Waals surface area contributed by atoms with E-state index < -0.39 is 17.3 Å². The third kappa shape index (κ3) is 5.85. The van der Waals surface area contributed by atoms with Crippen LogP contribution in [0.2, 0.25) is 0 Å². The van der Waals surface area contributed by atoms with Gasteiger partial charge in [-0.3, -0.25) is 4.79 Å². The first-order valence-corrected chi connectivity index (χ1v) is 12.2. The highest BCUT2D eigenvalue weighted by atomic mass is 127. The topological polar surface area (TPSA) is 65.7 Å². The van der Waals surface area contributed by atoms with E-state index in [1.807, 2.05) is 6.92 Å². The molecule has 4 rings (SSSR count). The first kappa shape index (κ1) is 26.4. The number of benzene rings is 3. The Bertz CT molecular complexity index is 1550. The molecule has 0 saturated heterocycles. The Morgan fingerprint density at radius 1 is 1.11 bits per heavy atom. The van der Waals surface area contributed by atoms with Crippen LogP contribution in [0.1, 0.15) is 18.1 Å². The minimum atomic E-state index is -4.55. The first-order valence-electron chi connectivity index (χ1n) is 11.2. The van der Waals surface area contributed by atoms with Crippen molar-refractivity contribution in [2.24, 2.45) is 5.10 Å². The summed E-state index contributed by atoms with van der Waals surface area (Å²) < 4.78 is 53.3. The average Bonchev–Trinajstić information content (AvgIpc) is 2.87. The van der Waals surface area contributed by atoms with Gasteiger partial charge in [0.2, 0.25) is 0 Å². The van der Waals surface area contributed by atoms with Crippen molar-refractivity contribution in [3.05, 3.63) is 98.4 Å². The van der Waals surface area contributed by atoms with E-state index in [2.05, 4.69) is 39.3 Å². The van der Waals surface area contributed by atoms with Crippen LogP contribution in [0.4, 0.5) is 13.2 Å². The molecule has 0 aliphatic carbocycles. The van der Waals surface area contributed by atoms with Crippen molar-refractivity contribution in [1.82, 2.24) is 9.66 Å². The van der Waals surface area contributed by atoms with Gasteiger partial charge in [-0.2, -0.15) is 22.9 Å². The van der Waals surface area contributed by atoms with Gasteiger partial charge < -0.3 is 9.47 Å². The molecule has 1 aromatic heterocycles. The summed E-state index contributed by atoms with van der Waals surface area (Å²) >= 11 is 2.10. The Balaban J connectivity index is 1.87. The standard InChI is InChI=1S/C27H21F3IN3O3/c1-3-12-37-24-21(31)13-17(14-23(24)36-4-2)16-32-34-25(18-8-7-9-19(15-18)27(28,29)30)33-22-11-6-5-10-20(22)26(34)35/h3,5-11,13-16H,1,4,12H2,2H3. The van der Waals surface area contributed by atoms with Crippen molar-refractivity contribution in [3.8, 4) is 22.9 Å². The number of rotatable bonds is 8. The molecule has 0 spiro atoms. The second-order valence-corrected chi connectivity index (χ2v) is 8.92. The Morgan fingerprint density at radius 3 is 2.62 bits per heavy atom. The molecule has 0 fully saturated rings. The molecule has 0 N–H and O–H groups in total. The fourth-order valence-corrected chi connectivity index (χ4v) is 4.37. The van der Waals surface area contributed by atoms with E-state index in [4.69, 9.17) is 9.47 Å². The smallest absolute Gasteiger partial charge is 0.416 e. The number of para-hydroxylation sites is 1. The predicted octanol–water partition coefficient (Wildman–Crippen LogP) is 6.53. The highest BCUT2D eigenvalue weighted by Gasteiger charge is 2.31. The molecular weight excluding hydrogens is 598 g/mol. The molecule has 6 nitrogen and oxygen atoms in total. The van der Waals surface area contributed by atoms with E-state index >= 15 is 0 Å². The first-order chi connectivity index (χ1) is 17.7. The molecule has 3 aromatic carbocycles. The summed E-state index contributed by atoms with van der Waals surface area (Å²) in [5.41, 5.74) is -0.321. The number of halogens is 4. The van der Waals surface area contributed by atoms with Gasteiger partial charge in [-0.15, -0.1) is 0 Å². The van der Waals surface area contributed by atoms with Gasteiger partial charge >= 0.3 is 6.18 Å². The van der Waals surface area contributed by atoms with Crippen LogP contribution >= 0.6 is 22.6 Å². The highest BCUT2D eigenvalue weighted by molar-refractivity contribution is 14.1. The maximum Gasteiger partial charge on any atom is 0.416 e. The molecular formula is C27H21F3IN3O3. The summed E-state index contributed by atoms with van der Waals surface area (Å²) in [7, 11) is 0. The highest BCUT2D eigenvalue weighted by Crippen LogP contribution is 2.34. The van der Waals surface area contributed by atoms with Gasteiger partial charge in [0.05, 0.1) is 32.9 Å². The number of ether oxygens (including phenoxy) is 2. The third-order valence-electron chi connectivity index (χ3n) is 5.20. The van der Waals surface area contributed by atoms with Crippen molar-refractivity contribution in [3.63, 3.8) is 0 Å². The lowest BCUT2D eigenvalue weighted by atomic mass is 10.1. The largest absolute Gasteiger partial charge is 0.490 e. The summed E-state index contributed by atoms with van der Waals surface area (Å²) in [6.45, 7) is 6.18. The molecule has 0 bridgehead atoms. The lowest BCUT2D eigenvalue weighted by Crippen LogP contribution is -2.20. The second-order valence-electron chi connectivity index (χ2n) is 7.76. The summed E-state index contributed by atoms with van der Waals surface area (Å²) in [4.78, 5) is 17.8. The molecule has 0 aliphatic rings. The summed E-state index contributed by atoms with van der Waals surface area (Å²) in [5, 5.41) is 4.63. The minimum absolute atomic E-state index is 0.0169. The number of hydrogen-bond acceptors (Lipinski definition) is 5. The monoisotopic (exact) mass is 619 g/mol. The Hall–Kier alpha value is -3.67. The molecule has 4 aromatic rings. The zero-order chi connectivity index (χ0) is 26.6. The van der Waals surface area contributed by atoms with Gasteiger partial charge in [0.1, 0.15) is 6.61 Å². The maximum absolute atomic E-state index is 13.4. The number of nitrogens with zero attached hydrogens (tertiary/aromatic N) is 3. The quantitative estimate of drug-likeness (QED) is 0.128. The van der Waals surface area contributed by atoms with Crippen molar-refractivity contribution < 1.29 is 22.6 Å². The molecule has 10 heteroatoms. The van der Waals surface area contributed by atoms with Crippen LogP contribution in [-0.2, 0) is 6.18 Å². The second kappa shape index (κ2) is 11.2. The number of fused-ring (bicyclic) bond motifs is 1. The fraction of sp³-hybridized carbons (Fsp3) is 0.148. The summed E-state index contributed by atoms with van der Waals surface area (Å²) in [6.07, 6.45) is -1.50. The predicted molar refractivity (Wildman–Crippen MR) is 145 cm³/mol. The van der Waals surface area contributed by atoms with E-state index in [9.17, 15) is 18.0 Å². The van der Waals surface area contributed by atoms with E-state index in [0.717, 1.165) is 20.4 Å². The van der Waals surface area contributed by atoms with Crippen LogP contribution in [0, 0.1) is 3.57 Å². The zero-order valence-electron chi connectivity index (χ0n) is 19.6. The lowest BCUT2D eigenvalue weighted by Gasteiger charge is -2.14. The van der Waals surface area contributed by atoms with Gasteiger partial charge in [0, 0.05) is 5.56 Å². The van der Waals surface area contributed by atoms with E-state index in [-0.39, 0.29) is 16.8 Å². The average molecular weight is 619 g/mol. The molecule has 37 heavy (non-hydrogen) atoms. The Labute approximate surface area is 224 Å².